The minimum atomic E-state index is -0.321. The van der Waals surface area contributed by atoms with Gasteiger partial charge in [0.25, 0.3) is 0 Å². The number of carbonyl (C=O) groups is 1. The fourth-order valence-electron chi connectivity index (χ4n) is 3.96. The summed E-state index contributed by atoms with van der Waals surface area (Å²) >= 11 is 6.71. The SMILES string of the molecule is CCOC(=O)[C@@H]1C[C@H](Nc2nc(-c3c[nH]c4ccccc34)c(Cl)n3ccnc23)CN1. The highest BCUT2D eigenvalue weighted by atomic mass is 35.5. The van der Waals surface area contributed by atoms with Gasteiger partial charge in [-0.05, 0) is 19.4 Å². The van der Waals surface area contributed by atoms with Gasteiger partial charge in [0, 0.05) is 47.6 Å². The number of nitrogens with zero attached hydrogens (tertiary/aromatic N) is 3. The summed E-state index contributed by atoms with van der Waals surface area (Å²) in [4.78, 5) is 24.6. The molecule has 0 unspecified atom stereocenters. The van der Waals surface area contributed by atoms with Gasteiger partial charge in [0.2, 0.25) is 0 Å². The van der Waals surface area contributed by atoms with Crippen LogP contribution in [0.3, 0.4) is 0 Å². The zero-order chi connectivity index (χ0) is 20.7. The smallest absolute Gasteiger partial charge is 0.323 e. The molecule has 0 aliphatic carbocycles. The van der Waals surface area contributed by atoms with Crippen LogP contribution in [-0.2, 0) is 9.53 Å². The number of anilines is 1. The summed E-state index contributed by atoms with van der Waals surface area (Å²) in [6, 6.07) is 7.72. The first kappa shape index (κ1) is 18.9. The lowest BCUT2D eigenvalue weighted by Crippen LogP contribution is -2.32. The van der Waals surface area contributed by atoms with Crippen LogP contribution in [-0.4, -0.2) is 50.6 Å². The molecular formula is C21H21ClN6O2. The molecule has 0 amide bonds. The van der Waals surface area contributed by atoms with E-state index in [9.17, 15) is 4.79 Å². The van der Waals surface area contributed by atoms with E-state index in [-0.39, 0.29) is 18.1 Å². The van der Waals surface area contributed by atoms with E-state index < -0.39 is 0 Å². The predicted octanol–water partition coefficient (Wildman–Crippen LogP) is 3.24. The van der Waals surface area contributed by atoms with Crippen molar-refractivity contribution in [3.05, 3.63) is 48.0 Å². The molecule has 0 spiro atoms. The molecule has 0 saturated carbocycles. The normalized spacial score (nSPS) is 18.9. The molecule has 4 heterocycles. The molecule has 2 atom stereocenters. The van der Waals surface area contributed by atoms with E-state index in [0.717, 1.165) is 16.5 Å². The molecular weight excluding hydrogens is 404 g/mol. The third kappa shape index (κ3) is 3.18. The van der Waals surface area contributed by atoms with Crippen LogP contribution < -0.4 is 10.6 Å². The Kier molecular flexibility index (Phi) is 4.80. The number of esters is 1. The van der Waals surface area contributed by atoms with Crippen LogP contribution in [0.1, 0.15) is 13.3 Å². The Labute approximate surface area is 177 Å². The molecule has 1 aromatic carbocycles. The highest BCUT2D eigenvalue weighted by Crippen LogP contribution is 2.34. The summed E-state index contributed by atoms with van der Waals surface area (Å²) in [5, 5.41) is 8.19. The number of hydrogen-bond donors (Lipinski definition) is 3. The highest BCUT2D eigenvalue weighted by molar-refractivity contribution is 6.32. The van der Waals surface area contributed by atoms with Crippen molar-refractivity contribution in [3.63, 3.8) is 0 Å². The lowest BCUT2D eigenvalue weighted by Gasteiger charge is -2.16. The van der Waals surface area contributed by atoms with E-state index in [0.29, 0.717) is 41.9 Å². The Morgan fingerprint density at radius 1 is 1.40 bits per heavy atom. The van der Waals surface area contributed by atoms with Crippen LogP contribution >= 0.6 is 11.6 Å². The summed E-state index contributed by atoms with van der Waals surface area (Å²) in [6.07, 6.45) is 6.04. The van der Waals surface area contributed by atoms with Crippen LogP contribution in [0, 0.1) is 0 Å². The summed E-state index contributed by atoms with van der Waals surface area (Å²) < 4.78 is 6.94. The second-order valence-corrected chi connectivity index (χ2v) is 7.62. The molecule has 8 nitrogen and oxygen atoms in total. The topological polar surface area (TPSA) is 96.3 Å². The van der Waals surface area contributed by atoms with Gasteiger partial charge >= 0.3 is 5.97 Å². The maximum Gasteiger partial charge on any atom is 0.323 e. The van der Waals surface area contributed by atoms with E-state index in [1.54, 1.807) is 6.20 Å². The number of ether oxygens (including phenoxy) is 1. The van der Waals surface area contributed by atoms with Crippen molar-refractivity contribution in [3.8, 4) is 11.3 Å². The van der Waals surface area contributed by atoms with Crippen molar-refractivity contribution in [2.75, 3.05) is 18.5 Å². The zero-order valence-corrected chi connectivity index (χ0v) is 17.1. The molecule has 4 aromatic rings. The average molecular weight is 425 g/mol. The van der Waals surface area contributed by atoms with Crippen molar-refractivity contribution >= 4 is 39.9 Å². The fraction of sp³-hybridized carbons (Fsp3) is 0.286. The van der Waals surface area contributed by atoms with E-state index in [2.05, 4.69) is 20.6 Å². The monoisotopic (exact) mass is 424 g/mol. The molecule has 1 aliphatic rings. The van der Waals surface area contributed by atoms with Crippen molar-refractivity contribution in [1.29, 1.82) is 0 Å². The number of nitrogens with one attached hydrogen (secondary N) is 3. The van der Waals surface area contributed by atoms with Gasteiger partial charge in [0.05, 0.1) is 6.61 Å². The van der Waals surface area contributed by atoms with Crippen molar-refractivity contribution in [2.45, 2.75) is 25.4 Å². The molecule has 30 heavy (non-hydrogen) atoms. The molecule has 5 rings (SSSR count). The van der Waals surface area contributed by atoms with Crippen LogP contribution in [0.2, 0.25) is 5.15 Å². The molecule has 1 saturated heterocycles. The number of halogens is 1. The van der Waals surface area contributed by atoms with Gasteiger partial charge in [-0.3, -0.25) is 9.20 Å². The summed E-state index contributed by atoms with van der Waals surface area (Å²) in [7, 11) is 0. The highest BCUT2D eigenvalue weighted by Gasteiger charge is 2.31. The third-order valence-electron chi connectivity index (χ3n) is 5.37. The first-order valence-electron chi connectivity index (χ1n) is 9.91. The van der Waals surface area contributed by atoms with Gasteiger partial charge in [0.15, 0.2) is 11.5 Å². The van der Waals surface area contributed by atoms with Gasteiger partial charge in [-0.15, -0.1) is 0 Å². The van der Waals surface area contributed by atoms with Crippen molar-refractivity contribution in [2.24, 2.45) is 0 Å². The maximum absolute atomic E-state index is 12.0. The number of hydrogen-bond acceptors (Lipinski definition) is 6. The summed E-state index contributed by atoms with van der Waals surface area (Å²) in [5.74, 6) is 0.400. The minimum Gasteiger partial charge on any atom is -0.465 e. The lowest BCUT2D eigenvalue weighted by molar-refractivity contribution is -0.145. The minimum absolute atomic E-state index is 0.0180. The number of imidazole rings is 1. The molecule has 154 valence electrons. The number of rotatable bonds is 5. The summed E-state index contributed by atoms with van der Waals surface area (Å²) in [5.41, 5.74) is 3.24. The number of carbonyl (C=O) groups excluding carboxylic acids is 1. The molecule has 9 heteroatoms. The first-order chi connectivity index (χ1) is 14.7. The van der Waals surface area contributed by atoms with Gasteiger partial charge in [-0.1, -0.05) is 29.8 Å². The molecule has 0 bridgehead atoms. The Balaban J connectivity index is 1.51. The number of H-pyrrole nitrogens is 1. The Hall–Kier alpha value is -3.10. The number of para-hydroxylation sites is 1. The van der Waals surface area contributed by atoms with Crippen LogP contribution in [0.25, 0.3) is 27.8 Å². The van der Waals surface area contributed by atoms with Gasteiger partial charge in [0.1, 0.15) is 16.9 Å². The van der Waals surface area contributed by atoms with Crippen molar-refractivity contribution in [1.82, 2.24) is 24.7 Å². The van der Waals surface area contributed by atoms with Crippen LogP contribution in [0.15, 0.2) is 42.9 Å². The van der Waals surface area contributed by atoms with Crippen LogP contribution in [0.4, 0.5) is 5.82 Å². The predicted molar refractivity (Wildman–Crippen MR) is 116 cm³/mol. The molecule has 3 N–H and O–H groups in total. The number of aromatic amines is 1. The summed E-state index contributed by atoms with van der Waals surface area (Å²) in [6.45, 7) is 2.81. The number of aromatic nitrogens is 4. The van der Waals surface area contributed by atoms with E-state index in [1.165, 1.54) is 0 Å². The molecule has 1 aliphatic heterocycles. The van der Waals surface area contributed by atoms with E-state index in [1.807, 2.05) is 48.0 Å². The standard InChI is InChI=1S/C21H21ClN6O2/c1-2-30-21(29)16-9-12(10-24-16)26-19-20-23-7-8-28(20)18(22)17(27-19)14-11-25-15-6-4-3-5-13(14)15/h3-8,11-12,16,24-25H,2,9-10H2,1H3,(H,26,27)/t12-,16-/m0/s1. The molecule has 1 fully saturated rings. The van der Waals surface area contributed by atoms with Crippen molar-refractivity contribution < 1.29 is 9.53 Å². The quantitative estimate of drug-likeness (QED) is 0.426. The average Bonchev–Trinajstić information content (AvgIpc) is 3.50. The Morgan fingerprint density at radius 3 is 3.13 bits per heavy atom. The van der Waals surface area contributed by atoms with Gasteiger partial charge in [-0.2, -0.15) is 0 Å². The zero-order valence-electron chi connectivity index (χ0n) is 16.4. The molecule has 3 aromatic heterocycles. The second-order valence-electron chi connectivity index (χ2n) is 7.26. The van der Waals surface area contributed by atoms with Gasteiger partial charge < -0.3 is 20.4 Å². The maximum atomic E-state index is 12.0. The Bertz CT molecular complexity index is 1230. The fourth-order valence-corrected chi connectivity index (χ4v) is 4.24. The van der Waals surface area contributed by atoms with E-state index >= 15 is 0 Å². The first-order valence-corrected chi connectivity index (χ1v) is 10.3. The number of benzene rings is 1. The van der Waals surface area contributed by atoms with Crippen LogP contribution in [0.5, 0.6) is 0 Å². The second kappa shape index (κ2) is 7.62. The Morgan fingerprint density at radius 2 is 2.27 bits per heavy atom. The molecule has 0 radical (unpaired) electrons. The third-order valence-corrected chi connectivity index (χ3v) is 5.73. The number of fused-ring (bicyclic) bond motifs is 2. The lowest BCUT2D eigenvalue weighted by atomic mass is 10.1. The largest absolute Gasteiger partial charge is 0.465 e. The van der Waals surface area contributed by atoms with E-state index in [4.69, 9.17) is 21.3 Å². The van der Waals surface area contributed by atoms with Gasteiger partial charge in [-0.25, -0.2) is 9.97 Å².